The molecule has 3 nitrogen and oxygen atoms in total. The van der Waals surface area contributed by atoms with Gasteiger partial charge in [0.1, 0.15) is 0 Å². The van der Waals surface area contributed by atoms with E-state index >= 15 is 0 Å². The molecule has 1 aromatic carbocycles. The van der Waals surface area contributed by atoms with Crippen LogP contribution in [0.3, 0.4) is 0 Å². The molecule has 0 aliphatic heterocycles. The van der Waals surface area contributed by atoms with Gasteiger partial charge in [-0.2, -0.15) is 0 Å². The molecular formula is C14H19NO2. The molecule has 17 heavy (non-hydrogen) atoms. The zero-order valence-electron chi connectivity index (χ0n) is 10.2. The molecule has 0 atom stereocenters. The third-order valence-electron chi connectivity index (χ3n) is 3.38. The highest BCUT2D eigenvalue weighted by molar-refractivity contribution is 5.78. The van der Waals surface area contributed by atoms with E-state index in [9.17, 15) is 9.90 Å². The fourth-order valence-electron chi connectivity index (χ4n) is 1.98. The molecule has 0 radical (unpaired) electrons. The van der Waals surface area contributed by atoms with Gasteiger partial charge >= 0.3 is 0 Å². The lowest BCUT2D eigenvalue weighted by atomic mass is 9.80. The number of aliphatic hydroxyl groups is 1. The molecule has 0 aromatic heterocycles. The van der Waals surface area contributed by atoms with Crippen LogP contribution in [0.15, 0.2) is 24.3 Å². The van der Waals surface area contributed by atoms with Crippen LogP contribution in [0.2, 0.25) is 0 Å². The van der Waals surface area contributed by atoms with Gasteiger partial charge in [0.2, 0.25) is 5.91 Å². The molecule has 2 N–H and O–H groups in total. The number of hydrogen-bond donors (Lipinski definition) is 2. The third kappa shape index (κ3) is 3.30. The Hall–Kier alpha value is -1.35. The normalized spacial score (nSPS) is 17.3. The molecule has 0 spiro atoms. The Morgan fingerprint density at radius 3 is 2.53 bits per heavy atom. The second-order valence-electron chi connectivity index (χ2n) is 5.02. The first kappa shape index (κ1) is 12.1. The number of benzene rings is 1. The molecule has 1 aromatic rings. The Labute approximate surface area is 102 Å². The number of nitrogens with one attached hydrogen (secondary N) is 1. The van der Waals surface area contributed by atoms with E-state index in [0.717, 1.165) is 24.8 Å². The number of hydrogen-bond acceptors (Lipinski definition) is 2. The van der Waals surface area contributed by atoms with E-state index in [0.29, 0.717) is 13.0 Å². The van der Waals surface area contributed by atoms with Gasteiger partial charge in [0.25, 0.3) is 0 Å². The highest BCUT2D eigenvalue weighted by Crippen LogP contribution is 2.30. The van der Waals surface area contributed by atoms with Gasteiger partial charge in [-0.05, 0) is 31.7 Å². The third-order valence-corrected chi connectivity index (χ3v) is 3.38. The van der Waals surface area contributed by atoms with Crippen LogP contribution in [0.1, 0.15) is 30.4 Å². The topological polar surface area (TPSA) is 49.3 Å². The predicted octanol–water partition coefficient (Wildman–Crippen LogP) is 1.57. The van der Waals surface area contributed by atoms with Crippen LogP contribution in [-0.2, 0) is 11.2 Å². The van der Waals surface area contributed by atoms with Crippen molar-refractivity contribution in [3.63, 3.8) is 0 Å². The van der Waals surface area contributed by atoms with E-state index in [1.54, 1.807) is 0 Å². The summed E-state index contributed by atoms with van der Waals surface area (Å²) in [6, 6.07) is 7.93. The number of aryl methyl sites for hydroxylation is 1. The maximum atomic E-state index is 11.7. The molecule has 2 rings (SSSR count). The van der Waals surface area contributed by atoms with Gasteiger partial charge in [-0.3, -0.25) is 4.79 Å². The highest BCUT2D eigenvalue weighted by atomic mass is 16.3. The number of rotatable bonds is 4. The van der Waals surface area contributed by atoms with Crippen LogP contribution in [0.5, 0.6) is 0 Å². The monoisotopic (exact) mass is 233 g/mol. The highest BCUT2D eigenvalue weighted by Gasteiger charge is 2.34. The van der Waals surface area contributed by atoms with Crippen LogP contribution >= 0.6 is 0 Å². The van der Waals surface area contributed by atoms with Gasteiger partial charge < -0.3 is 10.4 Å². The molecule has 0 unspecified atom stereocenters. The van der Waals surface area contributed by atoms with Crippen molar-refractivity contribution in [1.29, 1.82) is 0 Å². The molecular weight excluding hydrogens is 214 g/mol. The summed E-state index contributed by atoms with van der Waals surface area (Å²) in [5.41, 5.74) is 1.56. The lowest BCUT2D eigenvalue weighted by molar-refractivity contribution is -0.122. The summed E-state index contributed by atoms with van der Waals surface area (Å²) in [6.45, 7) is 2.41. The first-order chi connectivity index (χ1) is 8.07. The quantitative estimate of drug-likeness (QED) is 0.829. The molecule has 1 aliphatic carbocycles. The SMILES string of the molecule is Cc1ccc(CC(=O)NCC2(O)CCC2)cc1. The Morgan fingerprint density at radius 2 is 2.00 bits per heavy atom. The van der Waals surface area contributed by atoms with Crippen LogP contribution in [0, 0.1) is 6.92 Å². The number of amides is 1. The minimum atomic E-state index is -0.636. The predicted molar refractivity (Wildman–Crippen MR) is 66.7 cm³/mol. The number of carbonyl (C=O) groups excluding carboxylic acids is 1. The van der Waals surface area contributed by atoms with Crippen molar-refractivity contribution >= 4 is 5.91 Å². The summed E-state index contributed by atoms with van der Waals surface area (Å²) in [5, 5.41) is 12.6. The number of carbonyl (C=O) groups is 1. The van der Waals surface area contributed by atoms with Crippen molar-refractivity contribution in [2.75, 3.05) is 6.54 Å². The van der Waals surface area contributed by atoms with Crippen LogP contribution in [0.25, 0.3) is 0 Å². The van der Waals surface area contributed by atoms with Gasteiger partial charge in [-0.25, -0.2) is 0 Å². The molecule has 1 amide bonds. The average Bonchev–Trinajstić information content (AvgIpc) is 2.27. The summed E-state index contributed by atoms with van der Waals surface area (Å²) in [7, 11) is 0. The fraction of sp³-hybridized carbons (Fsp3) is 0.500. The van der Waals surface area contributed by atoms with E-state index in [1.807, 2.05) is 31.2 Å². The Bertz CT molecular complexity index is 393. The van der Waals surface area contributed by atoms with E-state index < -0.39 is 5.60 Å². The first-order valence-electron chi connectivity index (χ1n) is 6.12. The zero-order valence-corrected chi connectivity index (χ0v) is 10.2. The van der Waals surface area contributed by atoms with Gasteiger partial charge in [0, 0.05) is 6.54 Å². The second kappa shape index (κ2) is 4.88. The summed E-state index contributed by atoms with van der Waals surface area (Å²) in [4.78, 5) is 11.7. The van der Waals surface area contributed by atoms with Gasteiger partial charge in [0.05, 0.1) is 12.0 Å². The first-order valence-corrected chi connectivity index (χ1v) is 6.12. The minimum absolute atomic E-state index is 0.0193. The Kier molecular flexibility index (Phi) is 3.48. The van der Waals surface area contributed by atoms with Crippen molar-refractivity contribution in [2.45, 2.75) is 38.2 Å². The summed E-state index contributed by atoms with van der Waals surface area (Å²) in [6.07, 6.45) is 3.05. The van der Waals surface area contributed by atoms with Crippen LogP contribution in [-0.4, -0.2) is 23.2 Å². The maximum absolute atomic E-state index is 11.7. The van der Waals surface area contributed by atoms with Gasteiger partial charge in [0.15, 0.2) is 0 Å². The molecule has 92 valence electrons. The molecule has 3 heteroatoms. The molecule has 0 heterocycles. The largest absolute Gasteiger partial charge is 0.388 e. The van der Waals surface area contributed by atoms with Crippen molar-refractivity contribution < 1.29 is 9.90 Å². The Balaban J connectivity index is 1.79. The van der Waals surface area contributed by atoms with Crippen LogP contribution in [0.4, 0.5) is 0 Å². The van der Waals surface area contributed by atoms with E-state index in [2.05, 4.69) is 5.32 Å². The lowest BCUT2D eigenvalue weighted by Gasteiger charge is -2.36. The second-order valence-corrected chi connectivity index (χ2v) is 5.02. The smallest absolute Gasteiger partial charge is 0.224 e. The standard InChI is InChI=1S/C14H19NO2/c1-11-3-5-12(6-4-11)9-13(16)15-10-14(17)7-2-8-14/h3-6,17H,2,7-10H2,1H3,(H,15,16). The van der Waals surface area contributed by atoms with Crippen molar-refractivity contribution in [2.24, 2.45) is 0 Å². The van der Waals surface area contributed by atoms with E-state index in [4.69, 9.17) is 0 Å². The molecule has 0 saturated heterocycles. The minimum Gasteiger partial charge on any atom is -0.388 e. The zero-order chi connectivity index (χ0) is 12.3. The van der Waals surface area contributed by atoms with Crippen molar-refractivity contribution in [1.82, 2.24) is 5.32 Å². The summed E-state index contributed by atoms with van der Waals surface area (Å²) in [5.74, 6) is -0.0193. The average molecular weight is 233 g/mol. The van der Waals surface area contributed by atoms with Crippen molar-refractivity contribution in [3.05, 3.63) is 35.4 Å². The maximum Gasteiger partial charge on any atom is 0.224 e. The van der Waals surface area contributed by atoms with E-state index in [-0.39, 0.29) is 5.91 Å². The fourth-order valence-corrected chi connectivity index (χ4v) is 1.98. The van der Waals surface area contributed by atoms with E-state index in [1.165, 1.54) is 5.56 Å². The summed E-state index contributed by atoms with van der Waals surface area (Å²) >= 11 is 0. The molecule has 0 bridgehead atoms. The lowest BCUT2D eigenvalue weighted by Crippen LogP contribution is -2.48. The molecule has 1 saturated carbocycles. The molecule has 1 fully saturated rings. The van der Waals surface area contributed by atoms with Gasteiger partial charge in [-0.15, -0.1) is 0 Å². The molecule has 1 aliphatic rings. The summed E-state index contributed by atoms with van der Waals surface area (Å²) < 4.78 is 0. The Morgan fingerprint density at radius 1 is 1.35 bits per heavy atom. The van der Waals surface area contributed by atoms with Gasteiger partial charge in [-0.1, -0.05) is 29.8 Å². The van der Waals surface area contributed by atoms with Crippen LogP contribution < -0.4 is 5.32 Å². The van der Waals surface area contributed by atoms with Crippen molar-refractivity contribution in [3.8, 4) is 0 Å².